The van der Waals surface area contributed by atoms with Gasteiger partial charge in [-0.05, 0) is 52.6 Å². The highest BCUT2D eigenvalue weighted by atomic mass is 16.2. The standard InChI is InChI=1S/C16H28N4O/c1-6-20(12(2)11-19(4)5)16(21)18-15-9-7-14(8-10-15)13(3)17/h7-10,12-13H,6,11,17H2,1-5H3,(H,18,21). The van der Waals surface area contributed by atoms with Crippen molar-refractivity contribution in [2.45, 2.75) is 32.9 Å². The van der Waals surface area contributed by atoms with Crippen molar-refractivity contribution >= 4 is 11.7 Å². The third kappa shape index (κ3) is 5.36. The minimum absolute atomic E-state index is 0.00186. The summed E-state index contributed by atoms with van der Waals surface area (Å²) in [6.07, 6.45) is 0. The van der Waals surface area contributed by atoms with Crippen LogP contribution in [0.2, 0.25) is 0 Å². The molecule has 3 N–H and O–H groups in total. The van der Waals surface area contributed by atoms with E-state index in [0.717, 1.165) is 17.8 Å². The monoisotopic (exact) mass is 292 g/mol. The molecule has 0 saturated heterocycles. The normalized spacial score (nSPS) is 13.9. The second-order valence-corrected chi connectivity index (χ2v) is 5.74. The SMILES string of the molecule is CCN(C(=O)Nc1ccc(C(C)N)cc1)C(C)CN(C)C. The van der Waals surface area contributed by atoms with Crippen LogP contribution in [0.3, 0.4) is 0 Å². The van der Waals surface area contributed by atoms with Crippen LogP contribution in [0, 0.1) is 0 Å². The number of carbonyl (C=O) groups excluding carboxylic acids is 1. The predicted octanol–water partition coefficient (Wildman–Crippen LogP) is 2.51. The zero-order valence-corrected chi connectivity index (χ0v) is 13.8. The van der Waals surface area contributed by atoms with Crippen molar-refractivity contribution in [2.24, 2.45) is 5.73 Å². The van der Waals surface area contributed by atoms with Gasteiger partial charge in [0.1, 0.15) is 0 Å². The van der Waals surface area contributed by atoms with E-state index in [0.29, 0.717) is 6.54 Å². The van der Waals surface area contributed by atoms with Gasteiger partial charge in [0, 0.05) is 30.9 Å². The molecular formula is C16H28N4O. The lowest BCUT2D eigenvalue weighted by Crippen LogP contribution is -2.45. The maximum atomic E-state index is 12.4. The summed E-state index contributed by atoms with van der Waals surface area (Å²) in [4.78, 5) is 16.3. The number of rotatable bonds is 6. The zero-order valence-electron chi connectivity index (χ0n) is 13.8. The van der Waals surface area contributed by atoms with Gasteiger partial charge in [-0.1, -0.05) is 12.1 Å². The van der Waals surface area contributed by atoms with E-state index >= 15 is 0 Å². The number of urea groups is 1. The minimum Gasteiger partial charge on any atom is -0.324 e. The topological polar surface area (TPSA) is 61.6 Å². The molecule has 0 bridgehead atoms. The number of carbonyl (C=O) groups is 1. The van der Waals surface area contributed by atoms with Gasteiger partial charge >= 0.3 is 6.03 Å². The maximum Gasteiger partial charge on any atom is 0.322 e. The Kier molecular flexibility index (Phi) is 6.65. The fraction of sp³-hybridized carbons (Fsp3) is 0.562. The van der Waals surface area contributed by atoms with Crippen LogP contribution in [0.5, 0.6) is 0 Å². The fourth-order valence-corrected chi connectivity index (χ4v) is 2.35. The van der Waals surface area contributed by atoms with Gasteiger partial charge in [-0.15, -0.1) is 0 Å². The number of nitrogens with two attached hydrogens (primary N) is 1. The van der Waals surface area contributed by atoms with Crippen LogP contribution in [0.1, 0.15) is 32.4 Å². The quantitative estimate of drug-likeness (QED) is 0.847. The van der Waals surface area contributed by atoms with E-state index in [1.807, 2.05) is 57.1 Å². The summed E-state index contributed by atoms with van der Waals surface area (Å²) >= 11 is 0. The summed E-state index contributed by atoms with van der Waals surface area (Å²) < 4.78 is 0. The highest BCUT2D eigenvalue weighted by Gasteiger charge is 2.18. The number of hydrogen-bond acceptors (Lipinski definition) is 3. The smallest absolute Gasteiger partial charge is 0.322 e. The second-order valence-electron chi connectivity index (χ2n) is 5.74. The van der Waals surface area contributed by atoms with Crippen LogP contribution in [0.15, 0.2) is 24.3 Å². The van der Waals surface area contributed by atoms with Gasteiger partial charge in [-0.2, -0.15) is 0 Å². The van der Waals surface area contributed by atoms with Crippen molar-refractivity contribution in [3.63, 3.8) is 0 Å². The van der Waals surface area contributed by atoms with Crippen molar-refractivity contribution in [3.8, 4) is 0 Å². The van der Waals surface area contributed by atoms with Gasteiger partial charge in [-0.3, -0.25) is 0 Å². The Morgan fingerprint density at radius 1 is 1.24 bits per heavy atom. The average Bonchev–Trinajstić information content (AvgIpc) is 2.39. The van der Waals surface area contributed by atoms with Gasteiger partial charge < -0.3 is 20.9 Å². The molecule has 0 fully saturated rings. The van der Waals surface area contributed by atoms with Crippen LogP contribution >= 0.6 is 0 Å². The second kappa shape index (κ2) is 8.00. The lowest BCUT2D eigenvalue weighted by atomic mass is 10.1. The highest BCUT2D eigenvalue weighted by Crippen LogP contribution is 2.15. The molecule has 1 rings (SSSR count). The molecule has 5 heteroatoms. The lowest BCUT2D eigenvalue weighted by Gasteiger charge is -2.30. The molecule has 0 aliphatic heterocycles. The third-order valence-corrected chi connectivity index (χ3v) is 3.45. The Bertz CT molecular complexity index is 442. The number of nitrogens with one attached hydrogen (secondary N) is 1. The van der Waals surface area contributed by atoms with Crippen molar-refractivity contribution in [1.82, 2.24) is 9.80 Å². The van der Waals surface area contributed by atoms with E-state index in [4.69, 9.17) is 5.73 Å². The highest BCUT2D eigenvalue weighted by molar-refractivity contribution is 5.89. The molecule has 0 heterocycles. The number of amides is 2. The first-order chi connectivity index (χ1) is 9.85. The number of anilines is 1. The number of nitrogens with zero attached hydrogens (tertiary/aromatic N) is 2. The Hall–Kier alpha value is -1.59. The van der Waals surface area contributed by atoms with Crippen LogP contribution in [-0.2, 0) is 0 Å². The Morgan fingerprint density at radius 2 is 1.81 bits per heavy atom. The van der Waals surface area contributed by atoms with Crippen molar-refractivity contribution in [3.05, 3.63) is 29.8 Å². The molecule has 0 saturated carbocycles. The van der Waals surface area contributed by atoms with Gasteiger partial charge in [0.15, 0.2) is 0 Å². The van der Waals surface area contributed by atoms with E-state index in [9.17, 15) is 4.79 Å². The van der Waals surface area contributed by atoms with Crippen molar-refractivity contribution < 1.29 is 4.79 Å². The van der Waals surface area contributed by atoms with Crippen molar-refractivity contribution in [2.75, 3.05) is 32.5 Å². The maximum absolute atomic E-state index is 12.4. The zero-order chi connectivity index (χ0) is 16.0. The van der Waals surface area contributed by atoms with Gasteiger partial charge in [0.25, 0.3) is 0 Å². The number of hydrogen-bond donors (Lipinski definition) is 2. The Labute approximate surface area is 128 Å². The molecular weight excluding hydrogens is 264 g/mol. The number of likely N-dealkylation sites (N-methyl/N-ethyl adjacent to an activating group) is 2. The molecule has 118 valence electrons. The van der Waals surface area contributed by atoms with E-state index < -0.39 is 0 Å². The van der Waals surface area contributed by atoms with E-state index in [2.05, 4.69) is 17.1 Å². The Balaban J connectivity index is 2.69. The molecule has 1 aromatic rings. The lowest BCUT2D eigenvalue weighted by molar-refractivity contribution is 0.181. The van der Waals surface area contributed by atoms with Gasteiger partial charge in [0.05, 0.1) is 0 Å². The molecule has 1 aromatic carbocycles. The summed E-state index contributed by atoms with van der Waals surface area (Å²) in [5.74, 6) is 0. The molecule has 0 aromatic heterocycles. The molecule has 0 radical (unpaired) electrons. The fourth-order valence-electron chi connectivity index (χ4n) is 2.35. The van der Waals surface area contributed by atoms with Crippen LogP contribution < -0.4 is 11.1 Å². The summed E-state index contributed by atoms with van der Waals surface area (Å²) in [5.41, 5.74) is 7.67. The molecule has 2 unspecified atom stereocenters. The van der Waals surface area contributed by atoms with Crippen LogP contribution in [0.25, 0.3) is 0 Å². The van der Waals surface area contributed by atoms with Crippen molar-refractivity contribution in [1.29, 1.82) is 0 Å². The third-order valence-electron chi connectivity index (χ3n) is 3.45. The van der Waals surface area contributed by atoms with E-state index in [-0.39, 0.29) is 18.1 Å². The van der Waals surface area contributed by atoms with Crippen LogP contribution in [-0.4, -0.2) is 49.1 Å². The summed E-state index contributed by atoms with van der Waals surface area (Å²) in [7, 11) is 4.02. The van der Waals surface area contributed by atoms with Crippen LogP contribution in [0.4, 0.5) is 10.5 Å². The molecule has 21 heavy (non-hydrogen) atoms. The molecule has 2 amide bonds. The molecule has 0 aliphatic carbocycles. The van der Waals surface area contributed by atoms with Gasteiger partial charge in [0.2, 0.25) is 0 Å². The first kappa shape index (κ1) is 17.5. The minimum atomic E-state index is -0.0691. The summed E-state index contributed by atoms with van der Waals surface area (Å²) in [6.45, 7) is 7.51. The van der Waals surface area contributed by atoms with Gasteiger partial charge in [-0.25, -0.2) is 4.79 Å². The first-order valence-electron chi connectivity index (χ1n) is 7.43. The largest absolute Gasteiger partial charge is 0.324 e. The Morgan fingerprint density at radius 3 is 2.24 bits per heavy atom. The molecule has 0 spiro atoms. The van der Waals surface area contributed by atoms with E-state index in [1.165, 1.54) is 0 Å². The number of benzene rings is 1. The molecule has 5 nitrogen and oxygen atoms in total. The molecule has 2 atom stereocenters. The van der Waals surface area contributed by atoms with E-state index in [1.54, 1.807) is 0 Å². The first-order valence-corrected chi connectivity index (χ1v) is 7.43. The predicted molar refractivity (Wildman–Crippen MR) is 88.5 cm³/mol. The molecule has 0 aliphatic rings. The summed E-state index contributed by atoms with van der Waals surface area (Å²) in [5, 5.41) is 2.94. The summed E-state index contributed by atoms with van der Waals surface area (Å²) in [6, 6.07) is 7.76. The average molecular weight is 292 g/mol.